The van der Waals surface area contributed by atoms with Gasteiger partial charge in [-0.25, -0.2) is 13.1 Å². The molecular formula is C17H17NO3S. The third-order valence-corrected chi connectivity index (χ3v) is 4.49. The van der Waals surface area contributed by atoms with E-state index in [2.05, 4.69) is 4.72 Å². The fourth-order valence-electron chi connectivity index (χ4n) is 1.82. The molecule has 22 heavy (non-hydrogen) atoms. The van der Waals surface area contributed by atoms with Crippen LogP contribution >= 0.6 is 0 Å². The van der Waals surface area contributed by atoms with Crippen molar-refractivity contribution in [1.82, 2.24) is 4.72 Å². The Bertz CT molecular complexity index is 763. The lowest BCUT2D eigenvalue weighted by Gasteiger charge is -2.04. The molecular weight excluding hydrogens is 298 g/mol. The Labute approximate surface area is 130 Å². The summed E-state index contributed by atoms with van der Waals surface area (Å²) in [5, 5.41) is 0. The van der Waals surface area contributed by atoms with Crippen molar-refractivity contribution in [2.45, 2.75) is 11.8 Å². The number of hydrogen-bond donors (Lipinski definition) is 1. The summed E-state index contributed by atoms with van der Waals surface area (Å²) in [4.78, 5) is 12.0. The number of ketones is 1. The molecule has 0 radical (unpaired) electrons. The second kappa shape index (κ2) is 7.15. The number of benzene rings is 2. The summed E-state index contributed by atoms with van der Waals surface area (Å²) in [6.07, 6.45) is 2.87. The van der Waals surface area contributed by atoms with Gasteiger partial charge in [-0.1, -0.05) is 54.1 Å². The van der Waals surface area contributed by atoms with Gasteiger partial charge in [-0.3, -0.25) is 4.79 Å². The van der Waals surface area contributed by atoms with Crippen LogP contribution in [0, 0.1) is 6.92 Å². The maximum absolute atomic E-state index is 12.0. The number of rotatable bonds is 6. The number of allylic oxidation sites excluding steroid dienone is 1. The molecule has 0 fully saturated rings. The molecule has 4 nitrogen and oxygen atoms in total. The minimum Gasteiger partial charge on any atom is -0.289 e. The topological polar surface area (TPSA) is 63.2 Å². The minimum absolute atomic E-state index is 0.0643. The third-order valence-electron chi connectivity index (χ3n) is 3.05. The van der Waals surface area contributed by atoms with E-state index in [1.54, 1.807) is 48.5 Å². The molecule has 114 valence electrons. The summed E-state index contributed by atoms with van der Waals surface area (Å²) in [5.74, 6) is -0.157. The fourth-order valence-corrected chi connectivity index (χ4v) is 2.80. The van der Waals surface area contributed by atoms with E-state index in [-0.39, 0.29) is 17.2 Å². The lowest BCUT2D eigenvalue weighted by Crippen LogP contribution is -2.23. The highest BCUT2D eigenvalue weighted by Gasteiger charge is 2.11. The van der Waals surface area contributed by atoms with Crippen LogP contribution < -0.4 is 4.72 Å². The molecule has 2 rings (SSSR count). The van der Waals surface area contributed by atoms with Crippen LogP contribution in [0.1, 0.15) is 15.9 Å². The quantitative estimate of drug-likeness (QED) is 0.658. The van der Waals surface area contributed by atoms with Crippen molar-refractivity contribution in [2.24, 2.45) is 0 Å². The van der Waals surface area contributed by atoms with Crippen LogP contribution in [0.3, 0.4) is 0 Å². The SMILES string of the molecule is Cc1ccc(S(=O)(=O)NC/C=C/C(=O)c2ccccc2)cc1. The predicted octanol–water partition coefficient (Wildman–Crippen LogP) is 2.71. The number of aryl methyl sites for hydroxylation is 1. The highest BCUT2D eigenvalue weighted by molar-refractivity contribution is 7.89. The van der Waals surface area contributed by atoms with Gasteiger partial charge in [-0.2, -0.15) is 0 Å². The smallest absolute Gasteiger partial charge is 0.240 e. The molecule has 0 saturated carbocycles. The molecule has 0 spiro atoms. The van der Waals surface area contributed by atoms with Crippen molar-refractivity contribution in [3.05, 3.63) is 77.9 Å². The standard InChI is InChI=1S/C17H17NO3S/c1-14-9-11-16(12-10-14)22(20,21)18-13-5-8-17(19)15-6-3-2-4-7-15/h2-12,18H,13H2,1H3/b8-5+. The third kappa shape index (κ3) is 4.38. The van der Waals surface area contributed by atoms with Crippen molar-refractivity contribution in [3.63, 3.8) is 0 Å². The minimum atomic E-state index is -3.55. The van der Waals surface area contributed by atoms with Crippen molar-refractivity contribution in [1.29, 1.82) is 0 Å². The van der Waals surface area contributed by atoms with E-state index in [4.69, 9.17) is 0 Å². The summed E-state index contributed by atoms with van der Waals surface area (Å²) in [6.45, 7) is 1.95. The van der Waals surface area contributed by atoms with Crippen LogP contribution in [0.15, 0.2) is 71.6 Å². The normalized spacial score (nSPS) is 11.7. The average Bonchev–Trinajstić information content (AvgIpc) is 2.52. The Balaban J connectivity index is 1.94. The largest absolute Gasteiger partial charge is 0.289 e. The van der Waals surface area contributed by atoms with Gasteiger partial charge in [0.1, 0.15) is 0 Å². The van der Waals surface area contributed by atoms with Crippen LogP contribution in [-0.2, 0) is 10.0 Å². The van der Waals surface area contributed by atoms with E-state index < -0.39 is 10.0 Å². The van der Waals surface area contributed by atoms with Gasteiger partial charge in [0.15, 0.2) is 5.78 Å². The summed E-state index contributed by atoms with van der Waals surface area (Å²) < 4.78 is 26.5. The number of nitrogens with one attached hydrogen (secondary N) is 1. The van der Waals surface area contributed by atoms with Crippen LogP contribution in [-0.4, -0.2) is 20.7 Å². The number of carbonyl (C=O) groups excluding carboxylic acids is 1. The molecule has 0 bridgehead atoms. The molecule has 0 aliphatic heterocycles. The lowest BCUT2D eigenvalue weighted by molar-refractivity contribution is 0.104. The molecule has 0 saturated heterocycles. The molecule has 0 aliphatic carbocycles. The van der Waals surface area contributed by atoms with E-state index in [1.165, 1.54) is 12.2 Å². The Morgan fingerprint density at radius 2 is 1.68 bits per heavy atom. The van der Waals surface area contributed by atoms with Gasteiger partial charge in [0.25, 0.3) is 0 Å². The molecule has 0 unspecified atom stereocenters. The fraction of sp³-hybridized carbons (Fsp3) is 0.118. The van der Waals surface area contributed by atoms with E-state index in [0.717, 1.165) is 5.56 Å². The molecule has 2 aromatic carbocycles. The second-order valence-corrected chi connectivity index (χ2v) is 6.56. The van der Waals surface area contributed by atoms with Gasteiger partial charge >= 0.3 is 0 Å². The molecule has 2 aromatic rings. The Morgan fingerprint density at radius 3 is 2.32 bits per heavy atom. The van der Waals surface area contributed by atoms with E-state index in [1.807, 2.05) is 13.0 Å². The molecule has 0 heterocycles. The highest BCUT2D eigenvalue weighted by atomic mass is 32.2. The zero-order valence-corrected chi connectivity index (χ0v) is 13.0. The van der Waals surface area contributed by atoms with Crippen molar-refractivity contribution in [2.75, 3.05) is 6.54 Å². The number of sulfonamides is 1. The van der Waals surface area contributed by atoms with Gasteiger partial charge < -0.3 is 0 Å². The Kier molecular flexibility index (Phi) is 5.25. The van der Waals surface area contributed by atoms with Gasteiger partial charge in [0.2, 0.25) is 10.0 Å². The van der Waals surface area contributed by atoms with Crippen molar-refractivity contribution in [3.8, 4) is 0 Å². The van der Waals surface area contributed by atoms with E-state index >= 15 is 0 Å². The van der Waals surface area contributed by atoms with Crippen molar-refractivity contribution < 1.29 is 13.2 Å². The maximum Gasteiger partial charge on any atom is 0.240 e. The van der Waals surface area contributed by atoms with Gasteiger partial charge in [0.05, 0.1) is 4.90 Å². The molecule has 1 N–H and O–H groups in total. The van der Waals surface area contributed by atoms with Crippen LogP contribution in [0.2, 0.25) is 0 Å². The first kappa shape index (κ1) is 16.1. The first-order valence-corrected chi connectivity index (χ1v) is 8.29. The van der Waals surface area contributed by atoms with Crippen molar-refractivity contribution >= 4 is 15.8 Å². The summed E-state index contributed by atoms with van der Waals surface area (Å²) in [6, 6.07) is 15.4. The average molecular weight is 315 g/mol. The molecule has 0 atom stereocenters. The first-order valence-electron chi connectivity index (χ1n) is 6.81. The first-order chi connectivity index (χ1) is 10.5. The summed E-state index contributed by atoms with van der Waals surface area (Å²) >= 11 is 0. The van der Waals surface area contributed by atoms with E-state index in [0.29, 0.717) is 5.56 Å². The van der Waals surface area contributed by atoms with Crippen LogP contribution in [0.25, 0.3) is 0 Å². The monoisotopic (exact) mass is 315 g/mol. The zero-order valence-electron chi connectivity index (χ0n) is 12.2. The zero-order chi connectivity index (χ0) is 16.0. The highest BCUT2D eigenvalue weighted by Crippen LogP contribution is 2.09. The molecule has 0 amide bonds. The Hall–Kier alpha value is -2.24. The molecule has 5 heteroatoms. The molecule has 0 aliphatic rings. The van der Waals surface area contributed by atoms with Gasteiger partial charge in [-0.05, 0) is 25.1 Å². The summed E-state index contributed by atoms with van der Waals surface area (Å²) in [7, 11) is -3.55. The number of carbonyl (C=O) groups is 1. The molecule has 0 aromatic heterocycles. The van der Waals surface area contributed by atoms with Gasteiger partial charge in [-0.15, -0.1) is 0 Å². The van der Waals surface area contributed by atoms with Crippen LogP contribution in [0.4, 0.5) is 0 Å². The predicted molar refractivity (Wildman–Crippen MR) is 86.3 cm³/mol. The van der Waals surface area contributed by atoms with Crippen LogP contribution in [0.5, 0.6) is 0 Å². The maximum atomic E-state index is 12.0. The van der Waals surface area contributed by atoms with E-state index in [9.17, 15) is 13.2 Å². The lowest BCUT2D eigenvalue weighted by atomic mass is 10.1. The second-order valence-electron chi connectivity index (χ2n) is 4.80. The number of hydrogen-bond acceptors (Lipinski definition) is 3. The Morgan fingerprint density at radius 1 is 1.05 bits per heavy atom. The summed E-state index contributed by atoms with van der Waals surface area (Å²) in [5.41, 5.74) is 1.56. The van der Waals surface area contributed by atoms with Gasteiger partial charge in [0, 0.05) is 12.1 Å².